The highest BCUT2D eigenvalue weighted by molar-refractivity contribution is 7.22. The molecule has 0 aliphatic carbocycles. The van der Waals surface area contributed by atoms with E-state index < -0.39 is 4.92 Å². The summed E-state index contributed by atoms with van der Waals surface area (Å²) in [7, 11) is 2.99. The molecule has 1 amide bonds. The Balaban J connectivity index is 1.79. The molecule has 26 heavy (non-hydrogen) atoms. The van der Waals surface area contributed by atoms with Crippen LogP contribution in [0.5, 0.6) is 11.5 Å². The average Bonchev–Trinajstić information content (AvgIpc) is 3.03. The normalized spacial score (nSPS) is 10.5. The van der Waals surface area contributed by atoms with Crippen LogP contribution in [0.25, 0.3) is 10.2 Å². The molecule has 0 spiro atoms. The van der Waals surface area contributed by atoms with E-state index in [9.17, 15) is 14.9 Å². The molecule has 134 valence electrons. The smallest absolute Gasteiger partial charge is 0.274 e. The number of anilines is 1. The zero-order valence-electron chi connectivity index (χ0n) is 14.0. The number of non-ortho nitro benzene ring substituents is 1. The monoisotopic (exact) mass is 373 g/mol. The van der Waals surface area contributed by atoms with Crippen LogP contribution in [0, 0.1) is 10.1 Å². The molecule has 0 saturated heterocycles. The van der Waals surface area contributed by atoms with Crippen LogP contribution in [0.2, 0.25) is 0 Å². The van der Waals surface area contributed by atoms with E-state index in [2.05, 4.69) is 10.3 Å². The van der Waals surface area contributed by atoms with E-state index in [0.717, 1.165) is 16.9 Å². The minimum atomic E-state index is -0.496. The van der Waals surface area contributed by atoms with E-state index in [4.69, 9.17) is 9.47 Å². The summed E-state index contributed by atoms with van der Waals surface area (Å²) in [4.78, 5) is 27.0. The number of amides is 1. The lowest BCUT2D eigenvalue weighted by Gasteiger charge is -2.03. The number of aromatic nitrogens is 1. The van der Waals surface area contributed by atoms with Crippen LogP contribution in [0.15, 0.2) is 36.4 Å². The number of thiazole rings is 1. The summed E-state index contributed by atoms with van der Waals surface area (Å²) < 4.78 is 10.8. The summed E-state index contributed by atoms with van der Waals surface area (Å²) >= 11 is 1.16. The molecule has 0 unspecified atom stereocenters. The van der Waals surface area contributed by atoms with Crippen LogP contribution in [0.4, 0.5) is 10.8 Å². The number of methoxy groups -OCH3 is 2. The molecule has 8 nitrogen and oxygen atoms in total. The summed E-state index contributed by atoms with van der Waals surface area (Å²) in [6.45, 7) is 0. The maximum atomic E-state index is 12.2. The number of benzene rings is 2. The van der Waals surface area contributed by atoms with Crippen molar-refractivity contribution in [3.8, 4) is 11.5 Å². The van der Waals surface area contributed by atoms with Crippen molar-refractivity contribution in [3.05, 3.63) is 52.1 Å². The van der Waals surface area contributed by atoms with Gasteiger partial charge in [-0.05, 0) is 17.7 Å². The summed E-state index contributed by atoms with van der Waals surface area (Å²) in [6, 6.07) is 9.90. The average molecular weight is 373 g/mol. The fraction of sp³-hybridized carbons (Fsp3) is 0.176. The third-order valence-corrected chi connectivity index (χ3v) is 4.56. The first kappa shape index (κ1) is 17.6. The lowest BCUT2D eigenvalue weighted by atomic mass is 10.1. The fourth-order valence-corrected chi connectivity index (χ4v) is 3.32. The maximum Gasteiger partial charge on any atom is 0.274 e. The van der Waals surface area contributed by atoms with Crippen molar-refractivity contribution in [1.82, 2.24) is 4.98 Å². The predicted molar refractivity (Wildman–Crippen MR) is 98.2 cm³/mol. The molecule has 1 N–H and O–H groups in total. The molecule has 3 aromatic rings. The van der Waals surface area contributed by atoms with Gasteiger partial charge in [0, 0.05) is 6.07 Å². The molecule has 0 bridgehead atoms. The number of nitrogens with zero attached hydrogens (tertiary/aromatic N) is 2. The van der Waals surface area contributed by atoms with Gasteiger partial charge in [-0.1, -0.05) is 23.5 Å². The van der Waals surface area contributed by atoms with Gasteiger partial charge in [-0.3, -0.25) is 14.9 Å². The number of hydrogen-bond acceptors (Lipinski definition) is 7. The summed E-state index contributed by atoms with van der Waals surface area (Å²) in [6.07, 6.45) is 0.178. The fourth-order valence-electron chi connectivity index (χ4n) is 2.39. The van der Waals surface area contributed by atoms with Gasteiger partial charge in [0.05, 0.1) is 36.3 Å². The molecular weight excluding hydrogens is 358 g/mol. The van der Waals surface area contributed by atoms with Crippen molar-refractivity contribution < 1.29 is 19.2 Å². The van der Waals surface area contributed by atoms with Gasteiger partial charge in [0.2, 0.25) is 5.91 Å². The molecule has 9 heteroatoms. The standard InChI is InChI=1S/C17H15N3O5S/c1-24-12-5-3-10(4-6-12)7-15(21)18-17-19-16-13(25-2)8-11(20(22)23)9-14(16)26-17/h3-6,8-9H,7H2,1-2H3,(H,18,19,21). The molecule has 0 fully saturated rings. The van der Waals surface area contributed by atoms with Gasteiger partial charge in [-0.25, -0.2) is 4.98 Å². The third-order valence-electron chi connectivity index (χ3n) is 3.65. The van der Waals surface area contributed by atoms with Crippen LogP contribution in [-0.4, -0.2) is 30.0 Å². The van der Waals surface area contributed by atoms with Gasteiger partial charge in [-0.2, -0.15) is 0 Å². The number of nitrogens with one attached hydrogen (secondary N) is 1. The second-order valence-corrected chi connectivity index (χ2v) is 6.37. The van der Waals surface area contributed by atoms with Gasteiger partial charge < -0.3 is 14.8 Å². The first-order valence-corrected chi connectivity index (χ1v) is 8.37. The first-order valence-electron chi connectivity index (χ1n) is 7.56. The van der Waals surface area contributed by atoms with Gasteiger partial charge in [0.25, 0.3) is 5.69 Å². The summed E-state index contributed by atoms with van der Waals surface area (Å²) in [5.41, 5.74) is 1.22. The van der Waals surface area contributed by atoms with Crippen LogP contribution in [0.1, 0.15) is 5.56 Å². The molecule has 3 rings (SSSR count). The third kappa shape index (κ3) is 3.72. The molecule has 0 radical (unpaired) electrons. The van der Waals surface area contributed by atoms with E-state index in [1.165, 1.54) is 19.2 Å². The van der Waals surface area contributed by atoms with E-state index in [-0.39, 0.29) is 18.0 Å². The van der Waals surface area contributed by atoms with Crippen molar-refractivity contribution in [2.24, 2.45) is 0 Å². The van der Waals surface area contributed by atoms with E-state index in [0.29, 0.717) is 26.8 Å². The zero-order chi connectivity index (χ0) is 18.7. The van der Waals surface area contributed by atoms with E-state index >= 15 is 0 Å². The van der Waals surface area contributed by atoms with Gasteiger partial charge in [-0.15, -0.1) is 0 Å². The molecule has 1 heterocycles. The Morgan fingerprint density at radius 3 is 2.58 bits per heavy atom. The Bertz CT molecular complexity index is 968. The number of carbonyl (C=O) groups excluding carboxylic acids is 1. The van der Waals surface area contributed by atoms with Crippen LogP contribution in [0.3, 0.4) is 0 Å². The lowest BCUT2D eigenvalue weighted by Crippen LogP contribution is -2.14. The molecule has 1 aromatic heterocycles. The topological polar surface area (TPSA) is 104 Å². The number of ether oxygens (including phenoxy) is 2. The van der Waals surface area contributed by atoms with Gasteiger partial charge in [0.15, 0.2) is 10.9 Å². The summed E-state index contributed by atoms with van der Waals surface area (Å²) in [5, 5.41) is 14.1. The SMILES string of the molecule is COc1ccc(CC(=O)Nc2nc3c(OC)cc([N+](=O)[O-])cc3s2)cc1. The number of fused-ring (bicyclic) bond motifs is 1. The minimum Gasteiger partial charge on any atom is -0.497 e. The van der Waals surface area contributed by atoms with Crippen molar-refractivity contribution in [2.45, 2.75) is 6.42 Å². The largest absolute Gasteiger partial charge is 0.497 e. The Morgan fingerprint density at radius 2 is 1.96 bits per heavy atom. The number of carbonyl (C=O) groups is 1. The Hall–Kier alpha value is -3.20. The summed E-state index contributed by atoms with van der Waals surface area (Å²) in [5.74, 6) is 0.776. The van der Waals surface area contributed by atoms with E-state index in [1.807, 2.05) is 12.1 Å². The van der Waals surface area contributed by atoms with Gasteiger partial charge in [0.1, 0.15) is 11.3 Å². The highest BCUT2D eigenvalue weighted by Gasteiger charge is 2.17. The number of nitro groups is 1. The molecule has 2 aromatic carbocycles. The molecule has 0 atom stereocenters. The van der Waals surface area contributed by atoms with Crippen molar-refractivity contribution in [1.29, 1.82) is 0 Å². The van der Waals surface area contributed by atoms with Crippen molar-refractivity contribution in [2.75, 3.05) is 19.5 Å². The molecule has 0 aliphatic rings. The quantitative estimate of drug-likeness (QED) is 0.525. The molecule has 0 saturated carbocycles. The molecule has 0 aliphatic heterocycles. The Labute approximate surface area is 152 Å². The van der Waals surface area contributed by atoms with Crippen LogP contribution in [-0.2, 0) is 11.2 Å². The highest BCUT2D eigenvalue weighted by atomic mass is 32.1. The highest BCUT2D eigenvalue weighted by Crippen LogP contribution is 2.36. The Kier molecular flexibility index (Phi) is 4.99. The van der Waals surface area contributed by atoms with Gasteiger partial charge >= 0.3 is 0 Å². The Morgan fingerprint density at radius 1 is 1.23 bits per heavy atom. The second-order valence-electron chi connectivity index (χ2n) is 5.34. The van der Waals surface area contributed by atoms with E-state index in [1.54, 1.807) is 19.2 Å². The molecular formula is C17H15N3O5S. The minimum absolute atomic E-state index is 0.0888. The zero-order valence-corrected chi connectivity index (χ0v) is 14.8. The second kappa shape index (κ2) is 7.36. The number of nitro benzene ring substituents is 1. The number of hydrogen-bond donors (Lipinski definition) is 1. The predicted octanol–water partition coefficient (Wildman–Crippen LogP) is 3.40. The maximum absolute atomic E-state index is 12.2. The lowest BCUT2D eigenvalue weighted by molar-refractivity contribution is -0.384. The first-order chi connectivity index (χ1) is 12.5. The van der Waals surface area contributed by atoms with Crippen LogP contribution >= 0.6 is 11.3 Å². The van der Waals surface area contributed by atoms with Crippen LogP contribution < -0.4 is 14.8 Å². The number of rotatable bonds is 6. The van der Waals surface area contributed by atoms with Crippen molar-refractivity contribution in [3.63, 3.8) is 0 Å². The van der Waals surface area contributed by atoms with Crippen molar-refractivity contribution >= 4 is 38.3 Å².